The lowest BCUT2D eigenvalue weighted by Crippen LogP contribution is -2.39. The highest BCUT2D eigenvalue weighted by molar-refractivity contribution is 6.03. The molecule has 1 aliphatic heterocycles. The number of amides is 3. The second kappa shape index (κ2) is 7.71. The minimum absolute atomic E-state index is 0.258. The number of aromatic amines is 1. The van der Waals surface area contributed by atoms with Crippen molar-refractivity contribution in [1.29, 1.82) is 5.26 Å². The van der Waals surface area contributed by atoms with E-state index in [1.54, 1.807) is 36.1 Å². The van der Waals surface area contributed by atoms with Gasteiger partial charge in [-0.15, -0.1) is 0 Å². The molecule has 3 heterocycles. The van der Waals surface area contributed by atoms with Gasteiger partial charge in [0.15, 0.2) is 6.61 Å². The maximum Gasteiger partial charge on any atom is 0.263 e. The monoisotopic (exact) mass is 406 g/mol. The number of carbonyl (C=O) groups excluding carboxylic acids is 3. The van der Waals surface area contributed by atoms with Crippen molar-refractivity contribution in [2.75, 3.05) is 11.9 Å². The van der Waals surface area contributed by atoms with Gasteiger partial charge in [0.1, 0.15) is 23.2 Å². The Labute approximate surface area is 170 Å². The Morgan fingerprint density at radius 3 is 3.00 bits per heavy atom. The fourth-order valence-electron chi connectivity index (χ4n) is 3.54. The van der Waals surface area contributed by atoms with Gasteiger partial charge in [0.2, 0.25) is 11.8 Å². The van der Waals surface area contributed by atoms with Crippen LogP contribution in [0, 0.1) is 11.3 Å². The van der Waals surface area contributed by atoms with Gasteiger partial charge in [-0.2, -0.15) is 10.4 Å². The number of nitriles is 1. The fourth-order valence-corrected chi connectivity index (χ4v) is 3.54. The van der Waals surface area contributed by atoms with E-state index < -0.39 is 11.8 Å². The van der Waals surface area contributed by atoms with Crippen LogP contribution >= 0.6 is 0 Å². The van der Waals surface area contributed by atoms with Crippen LogP contribution in [0.4, 0.5) is 5.82 Å². The van der Waals surface area contributed by atoms with E-state index in [1.165, 1.54) is 0 Å². The molecule has 0 spiro atoms. The first-order chi connectivity index (χ1) is 14.5. The number of benzene rings is 1. The molecule has 3 amide bonds. The third kappa shape index (κ3) is 3.48. The summed E-state index contributed by atoms with van der Waals surface area (Å²) in [4.78, 5) is 38.7. The Kier molecular flexibility index (Phi) is 4.93. The number of H-pyrrole nitrogens is 1. The molecule has 2 aromatic heterocycles. The number of aromatic nitrogens is 3. The van der Waals surface area contributed by atoms with Crippen LogP contribution in [0.25, 0.3) is 10.9 Å². The maximum atomic E-state index is 12.3. The summed E-state index contributed by atoms with van der Waals surface area (Å²) < 4.78 is 7.30. The largest absolute Gasteiger partial charge is 0.481 e. The number of hydrogen-bond acceptors (Lipinski definition) is 6. The number of rotatable bonds is 5. The number of fused-ring (bicyclic) bond motifs is 1. The second-order valence-electron chi connectivity index (χ2n) is 6.88. The summed E-state index contributed by atoms with van der Waals surface area (Å²) in [5.41, 5.74) is 1.53. The molecular weight excluding hydrogens is 388 g/mol. The molecule has 3 aromatic rings. The molecule has 152 valence electrons. The summed E-state index contributed by atoms with van der Waals surface area (Å²) in [6, 6.07) is 8.82. The van der Waals surface area contributed by atoms with Gasteiger partial charge in [0.05, 0.1) is 17.2 Å². The first-order valence-electron chi connectivity index (χ1n) is 9.27. The second-order valence-corrected chi connectivity index (χ2v) is 6.88. The minimum Gasteiger partial charge on any atom is -0.481 e. The average molecular weight is 406 g/mol. The van der Waals surface area contributed by atoms with Crippen molar-refractivity contribution in [3.05, 3.63) is 41.7 Å². The molecule has 10 heteroatoms. The highest BCUT2D eigenvalue weighted by Crippen LogP contribution is 2.34. The molecule has 1 aromatic carbocycles. The molecular formula is C20H18N6O4. The number of nitrogens with zero attached hydrogens (tertiary/aromatic N) is 3. The Bertz CT molecular complexity index is 1200. The van der Waals surface area contributed by atoms with Gasteiger partial charge in [-0.1, -0.05) is 12.1 Å². The third-order valence-electron chi connectivity index (χ3n) is 4.92. The first-order valence-corrected chi connectivity index (χ1v) is 9.27. The van der Waals surface area contributed by atoms with E-state index >= 15 is 0 Å². The Morgan fingerprint density at radius 2 is 2.23 bits per heavy atom. The topological polar surface area (TPSA) is 142 Å². The number of hydrogen-bond donors (Lipinski definition) is 3. The number of para-hydroxylation sites is 1. The molecule has 1 atom stereocenters. The smallest absolute Gasteiger partial charge is 0.263 e. The van der Waals surface area contributed by atoms with E-state index in [1.807, 2.05) is 12.1 Å². The van der Waals surface area contributed by atoms with Gasteiger partial charge in [-0.05, 0) is 18.6 Å². The molecule has 30 heavy (non-hydrogen) atoms. The van der Waals surface area contributed by atoms with Crippen molar-refractivity contribution in [2.45, 2.75) is 18.8 Å². The number of piperidine rings is 1. The molecule has 0 saturated carbocycles. The highest BCUT2D eigenvalue weighted by atomic mass is 16.5. The molecule has 0 bridgehead atoms. The molecule has 1 aliphatic rings. The van der Waals surface area contributed by atoms with E-state index in [-0.39, 0.29) is 24.8 Å². The first kappa shape index (κ1) is 19.2. The normalized spacial score (nSPS) is 16.2. The molecule has 10 nitrogen and oxygen atoms in total. The van der Waals surface area contributed by atoms with Gasteiger partial charge >= 0.3 is 0 Å². The van der Waals surface area contributed by atoms with Crippen molar-refractivity contribution < 1.29 is 19.1 Å². The van der Waals surface area contributed by atoms with E-state index in [0.717, 1.165) is 5.39 Å². The number of anilines is 1. The lowest BCUT2D eigenvalue weighted by atomic mass is 9.93. The average Bonchev–Trinajstić information content (AvgIpc) is 3.31. The SMILES string of the molecule is Cn1nc(C2CCC(=O)NC2=O)c2cccc(OCC(=O)Nc3[nH]ccc3C#N)c21. The zero-order valence-electron chi connectivity index (χ0n) is 16.1. The van der Waals surface area contributed by atoms with E-state index in [4.69, 9.17) is 10.00 Å². The van der Waals surface area contributed by atoms with Crippen LogP contribution in [-0.4, -0.2) is 39.1 Å². The molecule has 1 fully saturated rings. The Hall–Kier alpha value is -4.13. The predicted molar refractivity (Wildman–Crippen MR) is 105 cm³/mol. The summed E-state index contributed by atoms with van der Waals surface area (Å²) in [6.07, 6.45) is 2.21. The summed E-state index contributed by atoms with van der Waals surface area (Å²) in [5, 5.41) is 19.2. The molecule has 1 saturated heterocycles. The third-order valence-corrected chi connectivity index (χ3v) is 4.92. The van der Waals surface area contributed by atoms with E-state index in [0.29, 0.717) is 34.8 Å². The van der Waals surface area contributed by atoms with Crippen LogP contribution in [0.3, 0.4) is 0 Å². The quantitative estimate of drug-likeness (QED) is 0.546. The van der Waals surface area contributed by atoms with Gasteiger partial charge < -0.3 is 15.0 Å². The highest BCUT2D eigenvalue weighted by Gasteiger charge is 2.32. The van der Waals surface area contributed by atoms with Gasteiger partial charge in [0, 0.05) is 25.1 Å². The van der Waals surface area contributed by atoms with Crippen LogP contribution in [-0.2, 0) is 21.4 Å². The van der Waals surface area contributed by atoms with Crippen molar-refractivity contribution in [1.82, 2.24) is 20.1 Å². The Morgan fingerprint density at radius 1 is 1.40 bits per heavy atom. The molecule has 4 rings (SSSR count). The Balaban J connectivity index is 1.55. The summed E-state index contributed by atoms with van der Waals surface area (Å²) >= 11 is 0. The zero-order chi connectivity index (χ0) is 21.3. The van der Waals surface area contributed by atoms with Gasteiger partial charge in [-0.3, -0.25) is 24.4 Å². The molecule has 1 unspecified atom stereocenters. The number of imide groups is 1. The van der Waals surface area contributed by atoms with Crippen LogP contribution in [0.2, 0.25) is 0 Å². The van der Waals surface area contributed by atoms with Crippen molar-refractivity contribution in [2.24, 2.45) is 7.05 Å². The maximum absolute atomic E-state index is 12.3. The van der Waals surface area contributed by atoms with Crippen molar-refractivity contribution >= 4 is 34.4 Å². The van der Waals surface area contributed by atoms with Crippen LogP contribution in [0.1, 0.15) is 30.0 Å². The minimum atomic E-state index is -0.526. The lowest BCUT2D eigenvalue weighted by molar-refractivity contribution is -0.134. The van der Waals surface area contributed by atoms with Crippen LogP contribution < -0.4 is 15.4 Å². The number of ether oxygens (including phenoxy) is 1. The summed E-state index contributed by atoms with van der Waals surface area (Å²) in [6.45, 7) is -0.276. The zero-order valence-corrected chi connectivity index (χ0v) is 16.1. The summed E-state index contributed by atoms with van der Waals surface area (Å²) in [7, 11) is 1.72. The van der Waals surface area contributed by atoms with Crippen LogP contribution in [0.15, 0.2) is 30.5 Å². The lowest BCUT2D eigenvalue weighted by Gasteiger charge is -2.19. The fraction of sp³-hybridized carbons (Fsp3) is 0.250. The molecule has 3 N–H and O–H groups in total. The number of nitrogens with one attached hydrogen (secondary N) is 3. The predicted octanol–water partition coefficient (Wildman–Crippen LogP) is 1.31. The molecule has 0 radical (unpaired) electrons. The van der Waals surface area contributed by atoms with Crippen molar-refractivity contribution in [3.8, 4) is 11.8 Å². The molecule has 0 aliphatic carbocycles. The number of aryl methyl sites for hydroxylation is 1. The van der Waals surface area contributed by atoms with E-state index in [2.05, 4.69) is 20.7 Å². The van der Waals surface area contributed by atoms with Gasteiger partial charge in [-0.25, -0.2) is 0 Å². The summed E-state index contributed by atoms with van der Waals surface area (Å²) in [5.74, 6) is -0.863. The van der Waals surface area contributed by atoms with Gasteiger partial charge in [0.25, 0.3) is 5.91 Å². The van der Waals surface area contributed by atoms with Crippen molar-refractivity contribution in [3.63, 3.8) is 0 Å². The van der Waals surface area contributed by atoms with Crippen LogP contribution in [0.5, 0.6) is 5.75 Å². The number of carbonyl (C=O) groups is 3. The van der Waals surface area contributed by atoms with E-state index in [9.17, 15) is 14.4 Å². The standard InChI is InChI=1S/C20H18N6O4/c1-26-18-12(17(25-26)13-5-6-15(27)24-20(13)29)3-2-4-14(18)30-10-16(28)23-19-11(9-21)7-8-22-19/h2-4,7-8,13,22H,5-6,10H2,1H3,(H,23,28)(H,24,27,29).